The van der Waals surface area contributed by atoms with Crippen LogP contribution in [0.15, 0.2) is 23.1 Å². The maximum Gasteiger partial charge on any atom is 0.337 e. The number of nitrogens with one attached hydrogen (secondary N) is 1. The SMILES string of the molecule is COC(=O)c1ccc(C)c(NS(=O)(=O)c2c(C)nn(C)c2Cl)c1. The van der Waals surface area contributed by atoms with Crippen molar-refractivity contribution < 1.29 is 17.9 Å². The number of halogens is 1. The zero-order valence-corrected chi connectivity index (χ0v) is 14.6. The molecule has 1 N–H and O–H groups in total. The van der Waals surface area contributed by atoms with E-state index >= 15 is 0 Å². The van der Waals surface area contributed by atoms with Crippen molar-refractivity contribution in [2.75, 3.05) is 11.8 Å². The van der Waals surface area contributed by atoms with Gasteiger partial charge < -0.3 is 4.74 Å². The Morgan fingerprint density at radius 1 is 1.35 bits per heavy atom. The van der Waals surface area contributed by atoms with E-state index in [-0.39, 0.29) is 27.0 Å². The molecule has 0 aliphatic heterocycles. The molecular weight excluding hydrogens is 342 g/mol. The zero-order valence-electron chi connectivity index (χ0n) is 13.0. The van der Waals surface area contributed by atoms with Crippen LogP contribution in [0.1, 0.15) is 21.6 Å². The molecule has 124 valence electrons. The summed E-state index contributed by atoms with van der Waals surface area (Å²) in [6.07, 6.45) is 0. The number of anilines is 1. The quantitative estimate of drug-likeness (QED) is 0.848. The maximum atomic E-state index is 12.6. The fraction of sp³-hybridized carbons (Fsp3) is 0.286. The highest BCUT2D eigenvalue weighted by molar-refractivity contribution is 7.92. The third-order valence-corrected chi connectivity index (χ3v) is 5.33. The smallest absolute Gasteiger partial charge is 0.337 e. The Kier molecular flexibility index (Phi) is 4.67. The summed E-state index contributed by atoms with van der Waals surface area (Å²) in [5.74, 6) is -0.555. The van der Waals surface area contributed by atoms with Gasteiger partial charge >= 0.3 is 5.97 Å². The Hall–Kier alpha value is -2.06. The van der Waals surface area contributed by atoms with Gasteiger partial charge in [0.15, 0.2) is 0 Å². The predicted octanol–water partition coefficient (Wildman–Crippen LogP) is 2.28. The van der Waals surface area contributed by atoms with Gasteiger partial charge in [-0.1, -0.05) is 17.7 Å². The van der Waals surface area contributed by atoms with Crippen LogP contribution in [-0.4, -0.2) is 31.3 Å². The van der Waals surface area contributed by atoms with Crippen LogP contribution < -0.4 is 4.72 Å². The fourth-order valence-corrected chi connectivity index (χ4v) is 3.96. The van der Waals surface area contributed by atoms with Gasteiger partial charge in [-0.15, -0.1) is 0 Å². The van der Waals surface area contributed by atoms with E-state index in [1.807, 2.05) is 0 Å². The molecule has 0 saturated heterocycles. The minimum absolute atomic E-state index is 0.0109. The van der Waals surface area contributed by atoms with E-state index in [0.717, 1.165) is 0 Å². The highest BCUT2D eigenvalue weighted by atomic mass is 35.5. The minimum atomic E-state index is -3.94. The van der Waals surface area contributed by atoms with Gasteiger partial charge in [0.2, 0.25) is 0 Å². The second kappa shape index (κ2) is 6.21. The summed E-state index contributed by atoms with van der Waals surface area (Å²) < 4.78 is 33.6. The van der Waals surface area contributed by atoms with Gasteiger partial charge in [0.05, 0.1) is 24.1 Å². The summed E-state index contributed by atoms with van der Waals surface area (Å²) >= 11 is 6.02. The number of carbonyl (C=O) groups is 1. The predicted molar refractivity (Wildman–Crippen MR) is 86.3 cm³/mol. The maximum absolute atomic E-state index is 12.6. The topological polar surface area (TPSA) is 90.3 Å². The van der Waals surface area contributed by atoms with E-state index in [4.69, 9.17) is 11.6 Å². The standard InChI is InChI=1S/C14H16ClN3O4S/c1-8-5-6-10(14(19)22-4)7-11(8)17-23(20,21)12-9(2)16-18(3)13(12)15/h5-7,17H,1-4H3. The van der Waals surface area contributed by atoms with Crippen molar-refractivity contribution in [1.82, 2.24) is 9.78 Å². The Morgan fingerprint density at radius 2 is 2.00 bits per heavy atom. The number of methoxy groups -OCH3 is 1. The first-order chi connectivity index (χ1) is 10.7. The Bertz CT molecular complexity index is 874. The summed E-state index contributed by atoms with van der Waals surface area (Å²) in [4.78, 5) is 11.5. The molecule has 7 nitrogen and oxygen atoms in total. The van der Waals surface area contributed by atoms with Gasteiger partial charge in [0, 0.05) is 7.05 Å². The van der Waals surface area contributed by atoms with Crippen molar-refractivity contribution in [3.63, 3.8) is 0 Å². The average molecular weight is 358 g/mol. The Balaban J connectivity index is 2.47. The van der Waals surface area contributed by atoms with Crippen LogP contribution in [0.4, 0.5) is 5.69 Å². The van der Waals surface area contributed by atoms with Crippen molar-refractivity contribution in [1.29, 1.82) is 0 Å². The highest BCUT2D eigenvalue weighted by Crippen LogP contribution is 2.28. The van der Waals surface area contributed by atoms with Crippen LogP contribution in [0.3, 0.4) is 0 Å². The van der Waals surface area contributed by atoms with Crippen LogP contribution in [0.25, 0.3) is 0 Å². The molecule has 0 atom stereocenters. The van der Waals surface area contributed by atoms with Crippen molar-refractivity contribution >= 4 is 33.3 Å². The molecule has 1 aromatic carbocycles. The fourth-order valence-electron chi connectivity index (χ4n) is 2.09. The summed E-state index contributed by atoms with van der Waals surface area (Å²) in [5.41, 5.74) is 1.45. The van der Waals surface area contributed by atoms with Gasteiger partial charge in [0.25, 0.3) is 10.0 Å². The largest absolute Gasteiger partial charge is 0.465 e. The van der Waals surface area contributed by atoms with E-state index in [0.29, 0.717) is 5.56 Å². The van der Waals surface area contributed by atoms with E-state index in [1.54, 1.807) is 33.0 Å². The van der Waals surface area contributed by atoms with Crippen molar-refractivity contribution in [2.45, 2.75) is 18.7 Å². The lowest BCUT2D eigenvalue weighted by molar-refractivity contribution is 0.0601. The molecule has 0 unspecified atom stereocenters. The molecule has 0 aliphatic carbocycles. The lowest BCUT2D eigenvalue weighted by atomic mass is 10.1. The van der Waals surface area contributed by atoms with Crippen molar-refractivity contribution in [2.24, 2.45) is 7.05 Å². The second-order valence-electron chi connectivity index (χ2n) is 4.96. The summed E-state index contributed by atoms with van der Waals surface area (Å²) in [7, 11) is -1.14. The highest BCUT2D eigenvalue weighted by Gasteiger charge is 2.26. The Labute approximate surface area is 139 Å². The molecule has 0 saturated carbocycles. The summed E-state index contributed by atoms with van der Waals surface area (Å²) in [6.45, 7) is 3.27. The number of hydrogen-bond donors (Lipinski definition) is 1. The first kappa shape index (κ1) is 17.3. The zero-order chi connectivity index (χ0) is 17.4. The molecule has 1 heterocycles. The molecule has 0 fully saturated rings. The molecule has 2 rings (SSSR count). The number of nitrogens with zero attached hydrogens (tertiary/aromatic N) is 2. The van der Waals surface area contributed by atoms with Gasteiger partial charge in [0.1, 0.15) is 10.0 Å². The molecule has 0 bridgehead atoms. The van der Waals surface area contributed by atoms with E-state index < -0.39 is 16.0 Å². The van der Waals surface area contributed by atoms with Crippen molar-refractivity contribution in [3.8, 4) is 0 Å². The van der Waals surface area contributed by atoms with Crippen molar-refractivity contribution in [3.05, 3.63) is 40.2 Å². The van der Waals surface area contributed by atoms with Gasteiger partial charge in [-0.25, -0.2) is 13.2 Å². The molecule has 0 radical (unpaired) electrons. The van der Waals surface area contributed by atoms with Crippen LogP contribution in [0, 0.1) is 13.8 Å². The molecular formula is C14H16ClN3O4S. The third kappa shape index (κ3) is 3.32. The summed E-state index contributed by atoms with van der Waals surface area (Å²) in [5, 5.41) is 4.00. The Morgan fingerprint density at radius 3 is 2.52 bits per heavy atom. The minimum Gasteiger partial charge on any atom is -0.465 e. The first-order valence-electron chi connectivity index (χ1n) is 6.58. The normalized spacial score (nSPS) is 11.3. The molecule has 9 heteroatoms. The van der Waals surface area contributed by atoms with Gasteiger partial charge in [-0.2, -0.15) is 5.10 Å². The van der Waals surface area contributed by atoms with E-state index in [1.165, 1.54) is 17.9 Å². The molecule has 0 amide bonds. The van der Waals surface area contributed by atoms with Crippen LogP contribution >= 0.6 is 11.6 Å². The van der Waals surface area contributed by atoms with Gasteiger partial charge in [-0.05, 0) is 31.5 Å². The first-order valence-corrected chi connectivity index (χ1v) is 8.44. The van der Waals surface area contributed by atoms with Crippen LogP contribution in [0.2, 0.25) is 5.15 Å². The lowest BCUT2D eigenvalue weighted by Gasteiger charge is -2.11. The monoisotopic (exact) mass is 357 g/mol. The van der Waals surface area contributed by atoms with Crippen LogP contribution in [0.5, 0.6) is 0 Å². The number of hydrogen-bond acceptors (Lipinski definition) is 5. The van der Waals surface area contributed by atoms with E-state index in [2.05, 4.69) is 14.6 Å². The second-order valence-corrected chi connectivity index (χ2v) is 6.93. The number of aryl methyl sites for hydroxylation is 3. The van der Waals surface area contributed by atoms with Crippen LogP contribution in [-0.2, 0) is 21.8 Å². The lowest BCUT2D eigenvalue weighted by Crippen LogP contribution is -2.15. The van der Waals surface area contributed by atoms with E-state index in [9.17, 15) is 13.2 Å². The molecule has 1 aromatic heterocycles. The molecule has 0 spiro atoms. The molecule has 23 heavy (non-hydrogen) atoms. The summed E-state index contributed by atoms with van der Waals surface area (Å²) in [6, 6.07) is 4.60. The number of sulfonamides is 1. The average Bonchev–Trinajstić information content (AvgIpc) is 2.73. The number of carbonyl (C=O) groups excluding carboxylic acids is 1. The molecule has 2 aromatic rings. The number of aromatic nitrogens is 2. The third-order valence-electron chi connectivity index (χ3n) is 3.27. The van der Waals surface area contributed by atoms with Gasteiger partial charge in [-0.3, -0.25) is 9.40 Å². The number of esters is 1. The number of ether oxygens (including phenoxy) is 1. The number of rotatable bonds is 4. The molecule has 0 aliphatic rings. The number of benzene rings is 1.